The Morgan fingerprint density at radius 1 is 0.410 bits per heavy atom. The number of esters is 2. The number of carbonyl (C=O) groups excluding carboxylic acids is 2. The molecule has 0 aromatic heterocycles. The maximum Gasteiger partial charge on any atom is 0.307 e. The number of carbonyl (C=O) groups is 2. The lowest BCUT2D eigenvalue weighted by Crippen LogP contribution is -2.15. The molecular formula is C28H54O11. The summed E-state index contributed by atoms with van der Waals surface area (Å²) < 4.78 is 47.4. The van der Waals surface area contributed by atoms with Crippen LogP contribution in [0.25, 0.3) is 0 Å². The molecule has 11 heteroatoms. The molecule has 0 amide bonds. The van der Waals surface area contributed by atoms with Gasteiger partial charge in [-0.25, -0.2) is 0 Å². The van der Waals surface area contributed by atoms with Crippen LogP contribution in [-0.2, 0) is 52.2 Å². The van der Waals surface area contributed by atoms with E-state index in [9.17, 15) is 9.59 Å². The lowest BCUT2D eigenvalue weighted by atomic mass is 10.1. The number of unbranched alkanes of at least 4 members (excludes halogenated alkanes) is 6. The molecule has 11 nitrogen and oxygen atoms in total. The van der Waals surface area contributed by atoms with Crippen LogP contribution < -0.4 is 0 Å². The Morgan fingerprint density at radius 2 is 0.769 bits per heavy atom. The Labute approximate surface area is 235 Å². The number of rotatable bonds is 32. The third-order valence-electron chi connectivity index (χ3n) is 5.39. The molecule has 0 fully saturated rings. The second-order valence-corrected chi connectivity index (χ2v) is 8.70. The number of ether oxygens (including phenoxy) is 9. The summed E-state index contributed by atoms with van der Waals surface area (Å²) in [6.45, 7) is 8.88. The lowest BCUT2D eigenvalue weighted by molar-refractivity contribution is -0.145. The molecule has 232 valence electrons. The predicted molar refractivity (Wildman–Crippen MR) is 146 cm³/mol. The minimum absolute atomic E-state index is 0.143. The van der Waals surface area contributed by atoms with E-state index in [1.165, 1.54) is 39.2 Å². The first-order chi connectivity index (χ1) is 19.2. The maximum absolute atomic E-state index is 11.7. The van der Waals surface area contributed by atoms with E-state index in [0.717, 1.165) is 12.8 Å². The molecule has 0 heterocycles. The fourth-order valence-electron chi connectivity index (χ4n) is 3.19. The Hall–Kier alpha value is -1.34. The highest BCUT2D eigenvalue weighted by Gasteiger charge is 2.03. The smallest absolute Gasteiger partial charge is 0.307 e. The van der Waals surface area contributed by atoms with Crippen molar-refractivity contribution in [2.24, 2.45) is 0 Å². The Morgan fingerprint density at radius 3 is 1.18 bits per heavy atom. The zero-order chi connectivity index (χ0) is 28.5. The average molecular weight is 567 g/mol. The van der Waals surface area contributed by atoms with Crippen molar-refractivity contribution in [3.63, 3.8) is 0 Å². The number of hydrogen-bond donors (Lipinski definition) is 0. The largest absolute Gasteiger partial charge is 0.469 e. The fourth-order valence-corrected chi connectivity index (χ4v) is 3.19. The molecule has 0 saturated carbocycles. The van der Waals surface area contributed by atoms with Gasteiger partial charge in [-0.3, -0.25) is 9.59 Å². The molecular weight excluding hydrogens is 512 g/mol. The highest BCUT2D eigenvalue weighted by molar-refractivity contribution is 5.69. The molecule has 0 aliphatic rings. The highest BCUT2D eigenvalue weighted by Crippen LogP contribution is 2.08. The molecule has 0 N–H and O–H groups in total. The van der Waals surface area contributed by atoms with Gasteiger partial charge in [-0.15, -0.1) is 0 Å². The lowest BCUT2D eigenvalue weighted by Gasteiger charge is -2.09. The van der Waals surface area contributed by atoms with E-state index < -0.39 is 0 Å². The molecule has 0 aliphatic heterocycles. The van der Waals surface area contributed by atoms with Crippen molar-refractivity contribution in [2.75, 3.05) is 106 Å². The maximum atomic E-state index is 11.7. The van der Waals surface area contributed by atoms with Gasteiger partial charge in [0.05, 0.1) is 106 Å². The van der Waals surface area contributed by atoms with E-state index in [4.69, 9.17) is 37.9 Å². The van der Waals surface area contributed by atoms with Crippen molar-refractivity contribution in [3.05, 3.63) is 0 Å². The van der Waals surface area contributed by atoms with Crippen molar-refractivity contribution >= 4 is 11.9 Å². The second kappa shape index (κ2) is 32.9. The first-order valence-corrected chi connectivity index (χ1v) is 14.5. The molecule has 0 bridgehead atoms. The molecule has 0 radical (unpaired) electrons. The van der Waals surface area contributed by atoms with Crippen molar-refractivity contribution in [3.8, 4) is 0 Å². The predicted octanol–water partition coefficient (Wildman–Crippen LogP) is 3.35. The zero-order valence-electron chi connectivity index (χ0n) is 24.5. The summed E-state index contributed by atoms with van der Waals surface area (Å²) in [5.41, 5.74) is 0. The van der Waals surface area contributed by atoms with Gasteiger partial charge >= 0.3 is 11.9 Å². The van der Waals surface area contributed by atoms with Crippen LogP contribution >= 0.6 is 0 Å². The van der Waals surface area contributed by atoms with Gasteiger partial charge in [0.2, 0.25) is 0 Å². The summed E-state index contributed by atoms with van der Waals surface area (Å²) in [6.07, 6.45) is 9.04. The van der Waals surface area contributed by atoms with Crippen LogP contribution in [0.3, 0.4) is 0 Å². The summed E-state index contributed by atoms with van der Waals surface area (Å²) in [5.74, 6) is -0.429. The third-order valence-corrected chi connectivity index (χ3v) is 5.39. The van der Waals surface area contributed by atoms with E-state index in [-0.39, 0.29) is 25.0 Å². The van der Waals surface area contributed by atoms with E-state index in [2.05, 4.69) is 11.7 Å². The average Bonchev–Trinajstić information content (AvgIpc) is 2.94. The molecule has 0 rings (SSSR count). The third kappa shape index (κ3) is 32.8. The van der Waals surface area contributed by atoms with Gasteiger partial charge in [0.25, 0.3) is 0 Å². The Kier molecular flexibility index (Phi) is 31.7. The molecule has 0 unspecified atom stereocenters. The van der Waals surface area contributed by atoms with Crippen molar-refractivity contribution < 1.29 is 52.2 Å². The highest BCUT2D eigenvalue weighted by atomic mass is 16.6. The monoisotopic (exact) mass is 566 g/mol. The van der Waals surface area contributed by atoms with Crippen LogP contribution in [0.1, 0.15) is 64.7 Å². The van der Waals surface area contributed by atoms with Gasteiger partial charge < -0.3 is 42.6 Å². The molecule has 39 heavy (non-hydrogen) atoms. The van der Waals surface area contributed by atoms with Gasteiger partial charge in [0, 0.05) is 6.42 Å². The van der Waals surface area contributed by atoms with Gasteiger partial charge in [-0.05, 0) is 6.42 Å². The van der Waals surface area contributed by atoms with Gasteiger partial charge in [0.1, 0.15) is 6.61 Å². The van der Waals surface area contributed by atoms with Crippen LogP contribution in [0.2, 0.25) is 0 Å². The summed E-state index contributed by atoms with van der Waals surface area (Å²) >= 11 is 0. The fraction of sp³-hybridized carbons (Fsp3) is 0.929. The first-order valence-electron chi connectivity index (χ1n) is 14.5. The Balaban J connectivity index is 3.12. The molecule has 0 aromatic rings. The van der Waals surface area contributed by atoms with Crippen molar-refractivity contribution in [1.82, 2.24) is 0 Å². The van der Waals surface area contributed by atoms with Crippen molar-refractivity contribution in [2.45, 2.75) is 64.7 Å². The summed E-state index contributed by atoms with van der Waals surface area (Å²) in [7, 11) is 1.35. The summed E-state index contributed by atoms with van der Waals surface area (Å²) in [4.78, 5) is 22.6. The zero-order valence-corrected chi connectivity index (χ0v) is 24.5. The van der Waals surface area contributed by atoms with Gasteiger partial charge in [0.15, 0.2) is 0 Å². The van der Waals surface area contributed by atoms with E-state index in [1.54, 1.807) is 0 Å². The SMILES string of the molecule is CCCCCCCCCC(=O)OCCOCCOCCOCCOCCOCCOCCOCCC(=O)OC. The molecule has 0 atom stereocenters. The molecule has 0 aliphatic carbocycles. The van der Waals surface area contributed by atoms with Crippen LogP contribution in [-0.4, -0.2) is 118 Å². The van der Waals surface area contributed by atoms with Gasteiger partial charge in [-0.1, -0.05) is 45.4 Å². The molecule has 0 spiro atoms. The van der Waals surface area contributed by atoms with Crippen LogP contribution in [0.15, 0.2) is 0 Å². The summed E-state index contributed by atoms with van der Waals surface area (Å²) in [5, 5.41) is 0. The normalized spacial score (nSPS) is 11.1. The molecule has 0 aromatic carbocycles. The first kappa shape index (κ1) is 37.7. The Bertz CT molecular complexity index is 520. The minimum Gasteiger partial charge on any atom is -0.469 e. The topological polar surface area (TPSA) is 117 Å². The van der Waals surface area contributed by atoms with Crippen LogP contribution in [0.5, 0.6) is 0 Å². The van der Waals surface area contributed by atoms with Crippen LogP contribution in [0.4, 0.5) is 0 Å². The number of hydrogen-bond acceptors (Lipinski definition) is 11. The quantitative estimate of drug-likeness (QED) is 0.0881. The van der Waals surface area contributed by atoms with Crippen LogP contribution in [0, 0.1) is 0 Å². The summed E-state index contributed by atoms with van der Waals surface area (Å²) in [6, 6.07) is 0. The van der Waals surface area contributed by atoms with Gasteiger partial charge in [-0.2, -0.15) is 0 Å². The number of methoxy groups -OCH3 is 1. The van der Waals surface area contributed by atoms with E-state index in [1.807, 2.05) is 0 Å². The molecule has 0 saturated heterocycles. The van der Waals surface area contributed by atoms with Crippen molar-refractivity contribution in [1.29, 1.82) is 0 Å². The second-order valence-electron chi connectivity index (χ2n) is 8.70. The van der Waals surface area contributed by atoms with E-state index in [0.29, 0.717) is 98.9 Å². The minimum atomic E-state index is -0.286. The van der Waals surface area contributed by atoms with E-state index >= 15 is 0 Å². The standard InChI is InChI=1S/C28H54O11/c1-3-4-5-6-7-8-9-10-28(30)39-26-25-38-24-23-37-22-21-36-20-19-35-18-17-34-16-15-33-14-13-32-12-11-27(29)31-2/h3-26H2,1-2H3.